The molecule has 0 aliphatic rings. The quantitative estimate of drug-likeness (QED) is 0.793. The van der Waals surface area contributed by atoms with Crippen LogP contribution in [-0.4, -0.2) is 15.0 Å². The molecule has 0 amide bonds. The number of rotatable bonds is 5. The summed E-state index contributed by atoms with van der Waals surface area (Å²) in [6.45, 7) is 4.73. The summed E-state index contributed by atoms with van der Waals surface area (Å²) in [7, 11) is 0. The van der Waals surface area contributed by atoms with Crippen LogP contribution in [0.15, 0.2) is 36.5 Å². The van der Waals surface area contributed by atoms with E-state index in [1.807, 2.05) is 36.5 Å². The third kappa shape index (κ3) is 3.59. The summed E-state index contributed by atoms with van der Waals surface area (Å²) in [6, 6.07) is 9.70. The zero-order valence-corrected chi connectivity index (χ0v) is 10.2. The molecule has 0 N–H and O–H groups in total. The van der Waals surface area contributed by atoms with Crippen LogP contribution in [0.5, 0.6) is 5.75 Å². The fraction of sp³-hybridized carbons (Fsp3) is 0.385. The summed E-state index contributed by atoms with van der Waals surface area (Å²) in [5, 5.41) is 8.13. The zero-order chi connectivity index (χ0) is 12.1. The highest BCUT2D eigenvalue weighted by Crippen LogP contribution is 2.09. The Morgan fingerprint density at radius 2 is 2.00 bits per heavy atom. The molecule has 0 unspecified atom stereocenters. The normalized spacial score (nSPS) is 10.8. The van der Waals surface area contributed by atoms with Gasteiger partial charge >= 0.3 is 0 Å². The second-order valence-corrected chi connectivity index (χ2v) is 4.43. The molecule has 0 aliphatic heterocycles. The number of hydrogen-bond acceptors (Lipinski definition) is 3. The zero-order valence-electron chi connectivity index (χ0n) is 10.2. The predicted octanol–water partition coefficient (Wildman–Crippen LogP) is 2.51. The van der Waals surface area contributed by atoms with E-state index in [0.717, 1.165) is 17.9 Å². The van der Waals surface area contributed by atoms with Crippen molar-refractivity contribution in [2.75, 3.05) is 0 Å². The minimum absolute atomic E-state index is 0.398. The van der Waals surface area contributed by atoms with Crippen molar-refractivity contribution in [3.05, 3.63) is 42.2 Å². The third-order valence-corrected chi connectivity index (χ3v) is 2.31. The van der Waals surface area contributed by atoms with E-state index in [0.29, 0.717) is 12.6 Å². The van der Waals surface area contributed by atoms with Gasteiger partial charge in [-0.25, -0.2) is 4.68 Å². The Hall–Kier alpha value is -1.84. The number of benzene rings is 1. The molecule has 0 bridgehead atoms. The highest BCUT2D eigenvalue weighted by atomic mass is 16.5. The third-order valence-electron chi connectivity index (χ3n) is 2.31. The molecule has 0 radical (unpaired) electrons. The van der Waals surface area contributed by atoms with Gasteiger partial charge in [-0.3, -0.25) is 0 Å². The van der Waals surface area contributed by atoms with Crippen LogP contribution in [0.3, 0.4) is 0 Å². The SMILES string of the molecule is CC(C)Cc1cn(COc2ccccc2)nn1. The standard InChI is InChI=1S/C13H17N3O/c1-11(2)8-12-9-16(15-14-12)10-17-13-6-4-3-5-7-13/h3-7,9,11H,8,10H2,1-2H3. The van der Waals surface area contributed by atoms with Crippen molar-refractivity contribution in [2.24, 2.45) is 5.92 Å². The summed E-state index contributed by atoms with van der Waals surface area (Å²) in [4.78, 5) is 0. The lowest BCUT2D eigenvalue weighted by Crippen LogP contribution is -2.05. The van der Waals surface area contributed by atoms with Gasteiger partial charge < -0.3 is 4.74 Å². The summed E-state index contributed by atoms with van der Waals surface area (Å²) < 4.78 is 7.28. The van der Waals surface area contributed by atoms with E-state index in [2.05, 4.69) is 24.2 Å². The fourth-order valence-electron chi connectivity index (χ4n) is 1.57. The number of para-hydroxylation sites is 1. The van der Waals surface area contributed by atoms with Crippen LogP contribution in [0.4, 0.5) is 0 Å². The lowest BCUT2D eigenvalue weighted by atomic mass is 10.1. The molecule has 90 valence electrons. The van der Waals surface area contributed by atoms with Gasteiger partial charge in [-0.1, -0.05) is 37.3 Å². The average Bonchev–Trinajstić information content (AvgIpc) is 2.75. The maximum absolute atomic E-state index is 5.57. The van der Waals surface area contributed by atoms with Gasteiger partial charge in [-0.15, -0.1) is 5.10 Å². The van der Waals surface area contributed by atoms with Crippen molar-refractivity contribution in [1.82, 2.24) is 15.0 Å². The van der Waals surface area contributed by atoms with E-state index in [1.54, 1.807) is 4.68 Å². The maximum Gasteiger partial charge on any atom is 0.182 e. The Morgan fingerprint density at radius 1 is 1.24 bits per heavy atom. The van der Waals surface area contributed by atoms with Gasteiger partial charge in [-0.2, -0.15) is 0 Å². The number of aromatic nitrogens is 3. The van der Waals surface area contributed by atoms with E-state index in [-0.39, 0.29) is 0 Å². The lowest BCUT2D eigenvalue weighted by Gasteiger charge is -2.04. The van der Waals surface area contributed by atoms with E-state index in [9.17, 15) is 0 Å². The van der Waals surface area contributed by atoms with Crippen molar-refractivity contribution in [1.29, 1.82) is 0 Å². The molecular weight excluding hydrogens is 214 g/mol. The number of hydrogen-bond donors (Lipinski definition) is 0. The number of ether oxygens (including phenoxy) is 1. The second kappa shape index (κ2) is 5.48. The molecule has 0 atom stereocenters. The van der Waals surface area contributed by atoms with Gasteiger partial charge in [0.25, 0.3) is 0 Å². The highest BCUT2D eigenvalue weighted by molar-refractivity contribution is 5.20. The molecule has 0 saturated heterocycles. The van der Waals surface area contributed by atoms with Crippen LogP contribution < -0.4 is 4.74 Å². The van der Waals surface area contributed by atoms with Gasteiger partial charge in [0.05, 0.1) is 11.9 Å². The minimum atomic E-state index is 0.398. The first-order chi connectivity index (χ1) is 8.24. The Kier molecular flexibility index (Phi) is 3.75. The summed E-state index contributed by atoms with van der Waals surface area (Å²) in [5.41, 5.74) is 1.01. The molecule has 0 fully saturated rings. The van der Waals surface area contributed by atoms with Crippen LogP contribution in [-0.2, 0) is 13.2 Å². The summed E-state index contributed by atoms with van der Waals surface area (Å²) in [5.74, 6) is 1.43. The monoisotopic (exact) mass is 231 g/mol. The maximum atomic E-state index is 5.57. The van der Waals surface area contributed by atoms with Gasteiger partial charge in [-0.05, 0) is 24.5 Å². The van der Waals surface area contributed by atoms with Crippen molar-refractivity contribution >= 4 is 0 Å². The summed E-state index contributed by atoms with van der Waals surface area (Å²) in [6.07, 6.45) is 2.88. The van der Waals surface area contributed by atoms with E-state index in [4.69, 9.17) is 4.74 Å². The van der Waals surface area contributed by atoms with Crippen LogP contribution in [0, 0.1) is 5.92 Å². The number of nitrogens with zero attached hydrogens (tertiary/aromatic N) is 3. The molecule has 1 aromatic heterocycles. The molecule has 2 aromatic rings. The lowest BCUT2D eigenvalue weighted by molar-refractivity contribution is 0.218. The van der Waals surface area contributed by atoms with Gasteiger partial charge in [0.1, 0.15) is 5.75 Å². The first-order valence-corrected chi connectivity index (χ1v) is 5.81. The highest BCUT2D eigenvalue weighted by Gasteiger charge is 2.03. The van der Waals surface area contributed by atoms with Crippen LogP contribution in [0.2, 0.25) is 0 Å². The Morgan fingerprint density at radius 3 is 2.71 bits per heavy atom. The first-order valence-electron chi connectivity index (χ1n) is 5.81. The minimum Gasteiger partial charge on any atom is -0.471 e. The molecule has 4 nitrogen and oxygen atoms in total. The smallest absolute Gasteiger partial charge is 0.182 e. The molecule has 2 rings (SSSR count). The molecule has 0 aliphatic carbocycles. The van der Waals surface area contributed by atoms with Gasteiger partial charge in [0, 0.05) is 0 Å². The van der Waals surface area contributed by atoms with E-state index < -0.39 is 0 Å². The van der Waals surface area contributed by atoms with Crippen LogP contribution in [0.25, 0.3) is 0 Å². The van der Waals surface area contributed by atoms with Crippen molar-refractivity contribution in [2.45, 2.75) is 27.0 Å². The fourth-order valence-corrected chi connectivity index (χ4v) is 1.57. The molecule has 0 spiro atoms. The molecule has 4 heteroatoms. The van der Waals surface area contributed by atoms with Gasteiger partial charge in [0.15, 0.2) is 6.73 Å². The molecule has 1 aromatic carbocycles. The van der Waals surface area contributed by atoms with Crippen molar-refractivity contribution < 1.29 is 4.74 Å². The molecule has 0 saturated carbocycles. The largest absolute Gasteiger partial charge is 0.471 e. The van der Waals surface area contributed by atoms with E-state index in [1.165, 1.54) is 0 Å². The Labute approximate surface area is 101 Å². The Bertz CT molecular complexity index is 451. The first kappa shape index (κ1) is 11.6. The van der Waals surface area contributed by atoms with Crippen LogP contribution >= 0.6 is 0 Å². The van der Waals surface area contributed by atoms with E-state index >= 15 is 0 Å². The predicted molar refractivity (Wildman–Crippen MR) is 65.6 cm³/mol. The average molecular weight is 231 g/mol. The van der Waals surface area contributed by atoms with Crippen LogP contribution in [0.1, 0.15) is 19.5 Å². The van der Waals surface area contributed by atoms with Crippen molar-refractivity contribution in [3.63, 3.8) is 0 Å². The summed E-state index contributed by atoms with van der Waals surface area (Å²) >= 11 is 0. The second-order valence-electron chi connectivity index (χ2n) is 4.43. The molecular formula is C13H17N3O. The Balaban J connectivity index is 1.89. The topological polar surface area (TPSA) is 39.9 Å². The molecule has 1 heterocycles. The molecule has 17 heavy (non-hydrogen) atoms. The van der Waals surface area contributed by atoms with Crippen molar-refractivity contribution in [3.8, 4) is 5.75 Å². The van der Waals surface area contributed by atoms with Gasteiger partial charge in [0.2, 0.25) is 0 Å².